The van der Waals surface area contributed by atoms with E-state index in [1.807, 2.05) is 0 Å². The SMILES string of the molecule is C=C(C(=O)O)C(N)Cc1ccc(CCCCCCCCCCCCCCCCCC)cc1. The topological polar surface area (TPSA) is 63.3 Å². The number of hydrogen-bond donors (Lipinski definition) is 2. The lowest BCUT2D eigenvalue weighted by atomic mass is 9.98. The first-order valence-corrected chi connectivity index (χ1v) is 13.3. The lowest BCUT2D eigenvalue weighted by Gasteiger charge is -2.12. The van der Waals surface area contributed by atoms with Gasteiger partial charge in [-0.25, -0.2) is 4.79 Å². The normalized spacial score (nSPS) is 12.1. The van der Waals surface area contributed by atoms with Crippen LogP contribution in [0.4, 0.5) is 0 Å². The number of unbranched alkanes of at least 4 members (excludes halogenated alkanes) is 15. The largest absolute Gasteiger partial charge is 0.478 e. The standard InChI is InChI=1S/C29H49NO2/c1-3-4-5-6-7-8-9-10-11-12-13-14-15-16-17-18-19-26-20-22-27(23-21-26)24-28(30)25(2)29(31)32/h20-23,28H,2-19,24,30H2,1H3,(H,31,32). The van der Waals surface area contributed by atoms with Gasteiger partial charge in [-0.15, -0.1) is 0 Å². The summed E-state index contributed by atoms with van der Waals surface area (Å²) in [5, 5.41) is 8.96. The molecule has 182 valence electrons. The molecule has 0 saturated carbocycles. The smallest absolute Gasteiger partial charge is 0.332 e. The summed E-state index contributed by atoms with van der Waals surface area (Å²) < 4.78 is 0. The van der Waals surface area contributed by atoms with Crippen LogP contribution in [0.25, 0.3) is 0 Å². The van der Waals surface area contributed by atoms with E-state index < -0.39 is 12.0 Å². The van der Waals surface area contributed by atoms with Crippen LogP contribution in [0, 0.1) is 0 Å². The third-order valence-corrected chi connectivity index (χ3v) is 6.52. The molecule has 0 saturated heterocycles. The predicted molar refractivity (Wildman–Crippen MR) is 138 cm³/mol. The summed E-state index contributed by atoms with van der Waals surface area (Å²) in [6, 6.07) is 7.90. The van der Waals surface area contributed by atoms with E-state index in [4.69, 9.17) is 10.8 Å². The molecule has 1 aromatic rings. The van der Waals surface area contributed by atoms with Gasteiger partial charge in [0.1, 0.15) is 0 Å². The fourth-order valence-corrected chi connectivity index (χ4v) is 4.25. The Morgan fingerprint density at radius 1 is 0.750 bits per heavy atom. The zero-order chi connectivity index (χ0) is 23.4. The van der Waals surface area contributed by atoms with Crippen molar-refractivity contribution in [1.29, 1.82) is 0 Å². The summed E-state index contributed by atoms with van der Waals surface area (Å²) >= 11 is 0. The van der Waals surface area contributed by atoms with Crippen molar-refractivity contribution >= 4 is 5.97 Å². The fourth-order valence-electron chi connectivity index (χ4n) is 4.25. The Kier molecular flexibility index (Phi) is 16.8. The first-order valence-electron chi connectivity index (χ1n) is 13.3. The summed E-state index contributed by atoms with van der Waals surface area (Å²) in [4.78, 5) is 10.9. The van der Waals surface area contributed by atoms with Gasteiger partial charge in [0.25, 0.3) is 0 Å². The predicted octanol–water partition coefficient (Wildman–Crippen LogP) is 8.00. The maximum atomic E-state index is 10.9. The van der Waals surface area contributed by atoms with Crippen LogP contribution in [0.5, 0.6) is 0 Å². The highest BCUT2D eigenvalue weighted by molar-refractivity contribution is 5.87. The van der Waals surface area contributed by atoms with Crippen molar-refractivity contribution in [2.75, 3.05) is 0 Å². The lowest BCUT2D eigenvalue weighted by Crippen LogP contribution is -2.28. The van der Waals surface area contributed by atoms with Crippen LogP contribution in [0.2, 0.25) is 0 Å². The highest BCUT2D eigenvalue weighted by Crippen LogP contribution is 2.15. The molecule has 0 amide bonds. The van der Waals surface area contributed by atoms with Gasteiger partial charge in [0.2, 0.25) is 0 Å². The van der Waals surface area contributed by atoms with E-state index in [-0.39, 0.29) is 5.57 Å². The third kappa shape index (κ3) is 14.5. The number of rotatable bonds is 21. The molecule has 0 fully saturated rings. The van der Waals surface area contributed by atoms with Gasteiger partial charge < -0.3 is 10.8 Å². The summed E-state index contributed by atoms with van der Waals surface area (Å²) in [5.74, 6) is -1.02. The van der Waals surface area contributed by atoms with E-state index >= 15 is 0 Å². The van der Waals surface area contributed by atoms with Gasteiger partial charge in [-0.05, 0) is 30.4 Å². The molecule has 1 unspecified atom stereocenters. The summed E-state index contributed by atoms with van der Waals surface area (Å²) in [6.45, 7) is 5.83. The average Bonchev–Trinajstić information content (AvgIpc) is 2.79. The molecule has 1 rings (SSSR count). The molecule has 1 atom stereocenters. The number of aryl methyl sites for hydroxylation is 1. The first-order chi connectivity index (χ1) is 15.5. The molecule has 1 aromatic carbocycles. The Balaban J connectivity index is 1.94. The number of carbonyl (C=O) groups is 1. The maximum Gasteiger partial charge on any atom is 0.332 e. The van der Waals surface area contributed by atoms with E-state index in [2.05, 4.69) is 37.8 Å². The lowest BCUT2D eigenvalue weighted by molar-refractivity contribution is -0.132. The molecular formula is C29H49NO2. The molecule has 0 bridgehead atoms. The van der Waals surface area contributed by atoms with Gasteiger partial charge in [0, 0.05) is 11.6 Å². The number of benzene rings is 1. The maximum absolute atomic E-state index is 10.9. The van der Waals surface area contributed by atoms with Crippen molar-refractivity contribution in [3.8, 4) is 0 Å². The van der Waals surface area contributed by atoms with Gasteiger partial charge in [-0.1, -0.05) is 134 Å². The van der Waals surface area contributed by atoms with Crippen LogP contribution in [0.3, 0.4) is 0 Å². The molecule has 3 heteroatoms. The minimum atomic E-state index is -1.02. The zero-order valence-electron chi connectivity index (χ0n) is 20.8. The second-order valence-corrected chi connectivity index (χ2v) is 9.51. The van der Waals surface area contributed by atoms with Crippen LogP contribution in [-0.4, -0.2) is 17.1 Å². The Morgan fingerprint density at radius 2 is 1.12 bits per heavy atom. The Bertz CT molecular complexity index is 608. The minimum Gasteiger partial charge on any atom is -0.478 e. The molecule has 0 heterocycles. The van der Waals surface area contributed by atoms with Crippen molar-refractivity contribution in [1.82, 2.24) is 0 Å². The molecule has 0 aliphatic carbocycles. The number of hydrogen-bond acceptors (Lipinski definition) is 2. The Morgan fingerprint density at radius 3 is 1.53 bits per heavy atom. The van der Waals surface area contributed by atoms with Gasteiger partial charge in [0.05, 0.1) is 0 Å². The molecular weight excluding hydrogens is 394 g/mol. The van der Waals surface area contributed by atoms with Crippen molar-refractivity contribution in [2.24, 2.45) is 5.73 Å². The van der Waals surface area contributed by atoms with E-state index in [1.54, 1.807) is 0 Å². The molecule has 0 aromatic heterocycles. The number of nitrogens with two attached hydrogens (primary N) is 1. The molecule has 32 heavy (non-hydrogen) atoms. The van der Waals surface area contributed by atoms with E-state index in [1.165, 1.54) is 108 Å². The van der Waals surface area contributed by atoms with Gasteiger partial charge >= 0.3 is 5.97 Å². The quantitative estimate of drug-likeness (QED) is 0.149. The van der Waals surface area contributed by atoms with Gasteiger partial charge in [-0.2, -0.15) is 0 Å². The third-order valence-electron chi connectivity index (χ3n) is 6.52. The van der Waals surface area contributed by atoms with Crippen LogP contribution >= 0.6 is 0 Å². The van der Waals surface area contributed by atoms with Crippen molar-refractivity contribution < 1.29 is 9.90 Å². The minimum absolute atomic E-state index is 0.0715. The first kappa shape index (κ1) is 28.4. The number of aliphatic carboxylic acids is 1. The van der Waals surface area contributed by atoms with Crippen LogP contribution in [-0.2, 0) is 17.6 Å². The van der Waals surface area contributed by atoms with Crippen LogP contribution < -0.4 is 5.73 Å². The monoisotopic (exact) mass is 443 g/mol. The summed E-state index contributed by atoms with van der Waals surface area (Å²) in [7, 11) is 0. The van der Waals surface area contributed by atoms with E-state index in [9.17, 15) is 4.79 Å². The zero-order valence-corrected chi connectivity index (χ0v) is 20.8. The van der Waals surface area contributed by atoms with Crippen molar-refractivity contribution in [3.05, 3.63) is 47.5 Å². The van der Waals surface area contributed by atoms with Gasteiger partial charge in [0.15, 0.2) is 0 Å². The van der Waals surface area contributed by atoms with Crippen LogP contribution in [0.15, 0.2) is 36.4 Å². The summed E-state index contributed by atoms with van der Waals surface area (Å²) in [6.07, 6.45) is 24.0. The highest BCUT2D eigenvalue weighted by Gasteiger charge is 2.14. The van der Waals surface area contributed by atoms with E-state index in [0.717, 1.165) is 12.0 Å². The fraction of sp³-hybridized carbons (Fsp3) is 0.690. The molecule has 0 aliphatic rings. The number of carboxylic acid groups (broad SMARTS) is 1. The van der Waals surface area contributed by atoms with Gasteiger partial charge in [-0.3, -0.25) is 0 Å². The van der Waals surface area contributed by atoms with Crippen molar-refractivity contribution in [3.63, 3.8) is 0 Å². The molecule has 0 aliphatic heterocycles. The average molecular weight is 444 g/mol. The molecule has 3 nitrogen and oxygen atoms in total. The molecule has 3 N–H and O–H groups in total. The van der Waals surface area contributed by atoms with E-state index in [0.29, 0.717) is 6.42 Å². The molecule has 0 radical (unpaired) electrons. The number of carboxylic acids is 1. The Labute approximate surface area is 197 Å². The Hall–Kier alpha value is -1.61. The second kappa shape index (κ2) is 18.9. The highest BCUT2D eigenvalue weighted by atomic mass is 16.4. The molecule has 0 spiro atoms. The summed E-state index contributed by atoms with van der Waals surface area (Å²) in [5.41, 5.74) is 8.40. The van der Waals surface area contributed by atoms with Crippen molar-refractivity contribution in [2.45, 2.75) is 129 Å². The second-order valence-electron chi connectivity index (χ2n) is 9.51. The van der Waals surface area contributed by atoms with Crippen LogP contribution in [0.1, 0.15) is 121 Å².